The zero-order valence-electron chi connectivity index (χ0n) is 12.9. The zero-order valence-corrected chi connectivity index (χ0v) is 15.2. The van der Waals surface area contributed by atoms with E-state index in [1.54, 1.807) is 12.3 Å². The molecule has 2 aromatic rings. The molecule has 0 amide bonds. The highest BCUT2D eigenvalue weighted by atomic mass is 35.5. The molecule has 1 aliphatic heterocycles. The maximum absolute atomic E-state index is 12.4. The first kappa shape index (κ1) is 17.5. The molecule has 3 rings (SSSR count). The van der Waals surface area contributed by atoms with Gasteiger partial charge in [-0.1, -0.05) is 23.2 Å². The van der Waals surface area contributed by atoms with Gasteiger partial charge in [-0.15, -0.1) is 0 Å². The van der Waals surface area contributed by atoms with Crippen LogP contribution in [0, 0.1) is 0 Å². The number of aromatic nitrogens is 1. The quantitative estimate of drug-likeness (QED) is 0.855. The number of rotatable bonds is 5. The number of nitrogens with zero attached hydrogens (tertiary/aromatic N) is 2. The predicted octanol–water partition coefficient (Wildman–Crippen LogP) is 3.47. The van der Waals surface area contributed by atoms with E-state index in [0.29, 0.717) is 0 Å². The Morgan fingerprint density at radius 1 is 1.08 bits per heavy atom. The van der Waals surface area contributed by atoms with Gasteiger partial charge in [0.1, 0.15) is 5.82 Å². The number of hydrogen-bond acceptors (Lipinski definition) is 4. The van der Waals surface area contributed by atoms with E-state index in [9.17, 15) is 8.42 Å². The second kappa shape index (κ2) is 7.27. The fraction of sp³-hybridized carbons (Fsp3) is 0.312. The third-order valence-electron chi connectivity index (χ3n) is 3.85. The number of sulfonamides is 1. The standard InChI is InChI=1S/C16H17Cl2N3O2S/c17-13-8-14(18)10-15(9-13)24(22,23)20-11-12-3-4-19-16(7-12)21-5-1-2-6-21/h3-4,7-10,20H,1-2,5-6,11H2. The van der Waals surface area contributed by atoms with E-state index in [1.807, 2.05) is 6.07 Å². The second-order valence-electron chi connectivity index (χ2n) is 5.65. The highest BCUT2D eigenvalue weighted by Gasteiger charge is 2.17. The van der Waals surface area contributed by atoms with Crippen molar-refractivity contribution in [3.8, 4) is 0 Å². The van der Waals surface area contributed by atoms with E-state index in [2.05, 4.69) is 14.6 Å². The fourth-order valence-electron chi connectivity index (χ4n) is 2.64. The van der Waals surface area contributed by atoms with Gasteiger partial charge in [0.25, 0.3) is 0 Å². The summed E-state index contributed by atoms with van der Waals surface area (Å²) in [4.78, 5) is 6.61. The zero-order chi connectivity index (χ0) is 17.2. The van der Waals surface area contributed by atoms with Crippen LogP contribution in [0.15, 0.2) is 41.4 Å². The summed E-state index contributed by atoms with van der Waals surface area (Å²) in [6.07, 6.45) is 4.02. The molecule has 128 valence electrons. The first-order valence-corrected chi connectivity index (χ1v) is 9.84. The van der Waals surface area contributed by atoms with Crippen molar-refractivity contribution in [3.05, 3.63) is 52.1 Å². The Hall–Kier alpha value is -1.34. The highest BCUT2D eigenvalue weighted by molar-refractivity contribution is 7.89. The third-order valence-corrected chi connectivity index (χ3v) is 5.67. The number of benzene rings is 1. The van der Waals surface area contributed by atoms with Crippen molar-refractivity contribution >= 4 is 39.0 Å². The normalized spacial score (nSPS) is 15.0. The number of pyridine rings is 1. The van der Waals surface area contributed by atoms with Crippen LogP contribution in [0.25, 0.3) is 0 Å². The van der Waals surface area contributed by atoms with Crippen LogP contribution in [0.5, 0.6) is 0 Å². The third kappa shape index (κ3) is 4.19. The first-order chi connectivity index (χ1) is 11.4. The van der Waals surface area contributed by atoms with Gasteiger partial charge in [-0.3, -0.25) is 0 Å². The van der Waals surface area contributed by atoms with Gasteiger partial charge in [-0.05, 0) is 48.7 Å². The van der Waals surface area contributed by atoms with Gasteiger partial charge in [0.2, 0.25) is 10.0 Å². The molecule has 0 atom stereocenters. The van der Waals surface area contributed by atoms with E-state index in [1.165, 1.54) is 18.2 Å². The molecule has 0 aliphatic carbocycles. The molecule has 1 saturated heterocycles. The Morgan fingerprint density at radius 2 is 1.75 bits per heavy atom. The van der Waals surface area contributed by atoms with Crippen LogP contribution >= 0.6 is 23.2 Å². The minimum Gasteiger partial charge on any atom is -0.357 e. The minimum atomic E-state index is -3.69. The molecule has 0 saturated carbocycles. The number of nitrogens with one attached hydrogen (secondary N) is 1. The molecular formula is C16H17Cl2N3O2S. The summed E-state index contributed by atoms with van der Waals surface area (Å²) in [6, 6.07) is 7.95. The molecular weight excluding hydrogens is 369 g/mol. The van der Waals surface area contributed by atoms with Crippen molar-refractivity contribution in [2.24, 2.45) is 0 Å². The predicted molar refractivity (Wildman–Crippen MR) is 96.2 cm³/mol. The summed E-state index contributed by atoms with van der Waals surface area (Å²) < 4.78 is 27.4. The summed E-state index contributed by atoms with van der Waals surface area (Å²) >= 11 is 11.8. The molecule has 1 aromatic carbocycles. The number of anilines is 1. The van der Waals surface area contributed by atoms with Crippen LogP contribution in [0.2, 0.25) is 10.0 Å². The van der Waals surface area contributed by atoms with Crippen molar-refractivity contribution in [2.45, 2.75) is 24.3 Å². The average molecular weight is 386 g/mol. The molecule has 8 heteroatoms. The largest absolute Gasteiger partial charge is 0.357 e. The smallest absolute Gasteiger partial charge is 0.240 e. The first-order valence-electron chi connectivity index (χ1n) is 7.60. The monoisotopic (exact) mass is 385 g/mol. The molecule has 2 heterocycles. The molecule has 0 unspecified atom stereocenters. The van der Waals surface area contributed by atoms with Crippen LogP contribution < -0.4 is 9.62 Å². The van der Waals surface area contributed by atoms with Crippen molar-refractivity contribution in [1.29, 1.82) is 0 Å². The summed E-state index contributed by atoms with van der Waals surface area (Å²) in [6.45, 7) is 2.15. The van der Waals surface area contributed by atoms with Crippen LogP contribution in [0.3, 0.4) is 0 Å². The van der Waals surface area contributed by atoms with Gasteiger partial charge < -0.3 is 4.90 Å². The maximum atomic E-state index is 12.4. The van der Waals surface area contributed by atoms with E-state index < -0.39 is 10.0 Å². The molecule has 1 fully saturated rings. The SMILES string of the molecule is O=S(=O)(NCc1ccnc(N2CCCC2)c1)c1cc(Cl)cc(Cl)c1. The lowest BCUT2D eigenvalue weighted by Gasteiger charge is -2.17. The summed E-state index contributed by atoms with van der Waals surface area (Å²) in [5.41, 5.74) is 0.851. The molecule has 0 spiro atoms. The molecule has 5 nitrogen and oxygen atoms in total. The van der Waals surface area contributed by atoms with Crippen molar-refractivity contribution < 1.29 is 8.42 Å². The van der Waals surface area contributed by atoms with E-state index in [-0.39, 0.29) is 21.5 Å². The van der Waals surface area contributed by atoms with Crippen LogP contribution in [0.1, 0.15) is 18.4 Å². The molecule has 24 heavy (non-hydrogen) atoms. The molecule has 1 aromatic heterocycles. The molecule has 0 radical (unpaired) electrons. The molecule has 0 bridgehead atoms. The van der Waals surface area contributed by atoms with Gasteiger partial charge in [-0.2, -0.15) is 0 Å². The maximum Gasteiger partial charge on any atom is 0.240 e. The average Bonchev–Trinajstić information content (AvgIpc) is 3.07. The van der Waals surface area contributed by atoms with Gasteiger partial charge in [0.05, 0.1) is 4.90 Å². The van der Waals surface area contributed by atoms with Crippen LogP contribution in [-0.2, 0) is 16.6 Å². The topological polar surface area (TPSA) is 62.3 Å². The lowest BCUT2D eigenvalue weighted by atomic mass is 10.2. The fourth-order valence-corrected chi connectivity index (χ4v) is 4.38. The van der Waals surface area contributed by atoms with Crippen molar-refractivity contribution in [3.63, 3.8) is 0 Å². The number of hydrogen-bond donors (Lipinski definition) is 1. The Bertz CT molecular complexity index is 817. The molecule has 1 N–H and O–H groups in total. The molecule has 1 aliphatic rings. The lowest BCUT2D eigenvalue weighted by Crippen LogP contribution is -2.24. The Kier molecular flexibility index (Phi) is 5.30. The van der Waals surface area contributed by atoms with E-state index in [4.69, 9.17) is 23.2 Å². The summed E-state index contributed by atoms with van der Waals surface area (Å²) in [5, 5.41) is 0.561. The van der Waals surface area contributed by atoms with Crippen LogP contribution in [0.4, 0.5) is 5.82 Å². The summed E-state index contributed by atoms with van der Waals surface area (Å²) in [7, 11) is -3.69. The second-order valence-corrected chi connectivity index (χ2v) is 8.29. The van der Waals surface area contributed by atoms with Crippen molar-refractivity contribution in [2.75, 3.05) is 18.0 Å². The van der Waals surface area contributed by atoms with E-state index >= 15 is 0 Å². The summed E-state index contributed by atoms with van der Waals surface area (Å²) in [5.74, 6) is 0.884. The van der Waals surface area contributed by atoms with Gasteiger partial charge in [0.15, 0.2) is 0 Å². The van der Waals surface area contributed by atoms with E-state index in [0.717, 1.165) is 37.3 Å². The Labute approximate surface area is 151 Å². The van der Waals surface area contributed by atoms with Crippen LogP contribution in [-0.4, -0.2) is 26.5 Å². The minimum absolute atomic E-state index is 0.0498. The Morgan fingerprint density at radius 3 is 2.42 bits per heavy atom. The lowest BCUT2D eigenvalue weighted by molar-refractivity contribution is 0.581. The van der Waals surface area contributed by atoms with Gasteiger partial charge in [-0.25, -0.2) is 18.1 Å². The Balaban J connectivity index is 1.73. The highest BCUT2D eigenvalue weighted by Crippen LogP contribution is 2.23. The number of halogens is 2. The van der Waals surface area contributed by atoms with Gasteiger partial charge in [0, 0.05) is 35.9 Å². The van der Waals surface area contributed by atoms with Gasteiger partial charge >= 0.3 is 0 Å². The van der Waals surface area contributed by atoms with Crippen molar-refractivity contribution in [1.82, 2.24) is 9.71 Å².